The smallest absolute Gasteiger partial charge is 0.251 e. The molecule has 2 N–H and O–H groups in total. The van der Waals surface area contributed by atoms with Crippen molar-refractivity contribution in [2.75, 3.05) is 6.61 Å². The third-order valence-electron chi connectivity index (χ3n) is 4.38. The monoisotopic (exact) mass is 382 g/mol. The Morgan fingerprint density at radius 3 is 2.42 bits per heavy atom. The van der Waals surface area contributed by atoms with Crippen LogP contribution in [0.1, 0.15) is 69.7 Å². The second-order valence-electron chi connectivity index (χ2n) is 7.03. The average molecular weight is 383 g/mol. The van der Waals surface area contributed by atoms with E-state index in [1.54, 1.807) is 32.9 Å². The van der Waals surface area contributed by atoms with Crippen LogP contribution >= 0.6 is 0 Å². The van der Waals surface area contributed by atoms with Crippen LogP contribution in [0.15, 0.2) is 23.1 Å². The van der Waals surface area contributed by atoms with Gasteiger partial charge in [-0.3, -0.25) is 4.79 Å². The lowest BCUT2D eigenvalue weighted by Crippen LogP contribution is -2.35. The van der Waals surface area contributed by atoms with E-state index in [0.717, 1.165) is 25.7 Å². The number of sulfonamides is 1. The van der Waals surface area contributed by atoms with Gasteiger partial charge < -0.3 is 10.1 Å². The van der Waals surface area contributed by atoms with Gasteiger partial charge in [-0.2, -0.15) is 0 Å². The van der Waals surface area contributed by atoms with Crippen molar-refractivity contribution in [2.45, 2.75) is 76.3 Å². The van der Waals surface area contributed by atoms with Crippen molar-refractivity contribution in [3.05, 3.63) is 23.8 Å². The van der Waals surface area contributed by atoms with Crippen molar-refractivity contribution in [3.63, 3.8) is 0 Å². The Hall–Kier alpha value is -1.60. The summed E-state index contributed by atoms with van der Waals surface area (Å²) in [6, 6.07) is 4.48. The Balaban J connectivity index is 2.26. The van der Waals surface area contributed by atoms with Crippen molar-refractivity contribution >= 4 is 15.9 Å². The first-order chi connectivity index (χ1) is 12.3. The van der Waals surface area contributed by atoms with E-state index < -0.39 is 10.0 Å². The highest BCUT2D eigenvalue weighted by atomic mass is 32.2. The van der Waals surface area contributed by atoms with Crippen LogP contribution < -0.4 is 14.8 Å². The third kappa shape index (κ3) is 5.71. The van der Waals surface area contributed by atoms with Gasteiger partial charge in [0.2, 0.25) is 10.0 Å². The van der Waals surface area contributed by atoms with Crippen LogP contribution in [0, 0.1) is 0 Å². The summed E-state index contributed by atoms with van der Waals surface area (Å²) in [6.07, 6.45) is 6.60. The molecule has 0 atom stereocenters. The van der Waals surface area contributed by atoms with Crippen LogP contribution in [0.2, 0.25) is 0 Å². The van der Waals surface area contributed by atoms with E-state index >= 15 is 0 Å². The molecule has 0 radical (unpaired) electrons. The highest BCUT2D eigenvalue weighted by molar-refractivity contribution is 7.89. The van der Waals surface area contributed by atoms with Crippen LogP contribution in [0.4, 0.5) is 0 Å². The van der Waals surface area contributed by atoms with E-state index in [0.29, 0.717) is 12.2 Å². The third-order valence-corrected chi connectivity index (χ3v) is 6.06. The van der Waals surface area contributed by atoms with Crippen LogP contribution in [0.3, 0.4) is 0 Å². The lowest BCUT2D eigenvalue weighted by Gasteiger charge is -2.18. The fourth-order valence-corrected chi connectivity index (χ4v) is 4.62. The van der Waals surface area contributed by atoms with Gasteiger partial charge in [-0.05, 0) is 51.8 Å². The van der Waals surface area contributed by atoms with E-state index in [2.05, 4.69) is 10.0 Å². The Kier molecular flexibility index (Phi) is 7.46. The molecule has 1 aromatic carbocycles. The zero-order chi connectivity index (χ0) is 19.2. The minimum atomic E-state index is -3.76. The zero-order valence-corrected chi connectivity index (χ0v) is 16.7. The van der Waals surface area contributed by atoms with Gasteiger partial charge >= 0.3 is 0 Å². The molecule has 1 aliphatic carbocycles. The number of benzene rings is 1. The van der Waals surface area contributed by atoms with Gasteiger partial charge in [0.25, 0.3) is 5.91 Å². The maximum atomic E-state index is 12.6. The van der Waals surface area contributed by atoms with Gasteiger partial charge in [0.1, 0.15) is 10.6 Å². The average Bonchev–Trinajstić information content (AvgIpc) is 2.82. The number of carbonyl (C=O) groups is 1. The predicted molar refractivity (Wildman–Crippen MR) is 102 cm³/mol. The SMILES string of the molecule is CCOc1ccc(C(=O)NC2CCCCCC2)cc1S(=O)(=O)NC(C)C. The topological polar surface area (TPSA) is 84.5 Å². The number of nitrogens with one attached hydrogen (secondary N) is 2. The van der Waals surface area contributed by atoms with Crippen LogP contribution in [-0.4, -0.2) is 33.0 Å². The van der Waals surface area contributed by atoms with Crippen LogP contribution in [0.25, 0.3) is 0 Å². The van der Waals surface area contributed by atoms with Gasteiger partial charge in [0.15, 0.2) is 0 Å². The van der Waals surface area contributed by atoms with Crippen molar-refractivity contribution in [1.82, 2.24) is 10.0 Å². The molecule has 1 amide bonds. The second-order valence-corrected chi connectivity index (χ2v) is 8.71. The highest BCUT2D eigenvalue weighted by Gasteiger charge is 2.23. The molecular weight excluding hydrogens is 352 g/mol. The van der Waals surface area contributed by atoms with Gasteiger partial charge in [0, 0.05) is 17.6 Å². The highest BCUT2D eigenvalue weighted by Crippen LogP contribution is 2.26. The molecule has 26 heavy (non-hydrogen) atoms. The lowest BCUT2D eigenvalue weighted by atomic mass is 10.1. The molecule has 6 nitrogen and oxygen atoms in total. The summed E-state index contributed by atoms with van der Waals surface area (Å²) in [4.78, 5) is 12.6. The van der Waals surface area contributed by atoms with Gasteiger partial charge in [0.05, 0.1) is 6.61 Å². The molecule has 0 heterocycles. The maximum absolute atomic E-state index is 12.6. The molecule has 2 rings (SSSR count). The molecule has 0 aromatic heterocycles. The van der Waals surface area contributed by atoms with Gasteiger partial charge in [-0.1, -0.05) is 25.7 Å². The molecule has 1 aliphatic rings. The first kappa shape index (κ1) is 20.7. The minimum Gasteiger partial charge on any atom is -0.492 e. The molecule has 1 saturated carbocycles. The van der Waals surface area contributed by atoms with Gasteiger partial charge in [-0.25, -0.2) is 13.1 Å². The molecule has 0 aliphatic heterocycles. The van der Waals surface area contributed by atoms with E-state index in [4.69, 9.17) is 4.74 Å². The number of ether oxygens (including phenoxy) is 1. The molecule has 1 fully saturated rings. The quantitative estimate of drug-likeness (QED) is 0.709. The molecule has 7 heteroatoms. The summed E-state index contributed by atoms with van der Waals surface area (Å²) in [5, 5.41) is 3.05. The Morgan fingerprint density at radius 2 is 1.85 bits per heavy atom. The van der Waals surface area contributed by atoms with Crippen molar-refractivity contribution in [1.29, 1.82) is 0 Å². The molecule has 0 unspecified atom stereocenters. The first-order valence-electron chi connectivity index (χ1n) is 9.43. The first-order valence-corrected chi connectivity index (χ1v) is 10.9. The van der Waals surface area contributed by atoms with Crippen molar-refractivity contribution in [3.8, 4) is 5.75 Å². The van der Waals surface area contributed by atoms with Crippen LogP contribution in [0.5, 0.6) is 5.75 Å². The second kappa shape index (κ2) is 9.37. The predicted octanol–water partition coefficient (Wildman–Crippen LogP) is 3.22. The summed E-state index contributed by atoms with van der Waals surface area (Å²) in [5.41, 5.74) is 0.335. The number of rotatable bonds is 7. The Bertz CT molecular complexity index is 708. The van der Waals surface area contributed by atoms with E-state index in [-0.39, 0.29) is 28.6 Å². The Labute approximate surface area is 156 Å². The summed E-state index contributed by atoms with van der Waals surface area (Å²) in [7, 11) is -3.76. The maximum Gasteiger partial charge on any atom is 0.251 e. The van der Waals surface area contributed by atoms with E-state index in [9.17, 15) is 13.2 Å². The summed E-state index contributed by atoms with van der Waals surface area (Å²) < 4.78 is 33.3. The van der Waals surface area contributed by atoms with Crippen molar-refractivity contribution < 1.29 is 17.9 Å². The molecule has 0 bridgehead atoms. The number of amides is 1. The fraction of sp³-hybridized carbons (Fsp3) is 0.632. The molecule has 1 aromatic rings. The lowest BCUT2D eigenvalue weighted by molar-refractivity contribution is 0.0933. The van der Waals surface area contributed by atoms with Gasteiger partial charge in [-0.15, -0.1) is 0 Å². The minimum absolute atomic E-state index is 0.00145. The fourth-order valence-electron chi connectivity index (χ4n) is 3.20. The molecule has 0 spiro atoms. The van der Waals surface area contributed by atoms with E-state index in [1.807, 2.05) is 0 Å². The largest absolute Gasteiger partial charge is 0.492 e. The molecule has 146 valence electrons. The normalized spacial score (nSPS) is 16.3. The standard InChI is InChI=1S/C19H30N2O4S/c1-4-25-17-12-11-15(13-18(17)26(23,24)21-14(2)3)19(22)20-16-9-7-5-6-8-10-16/h11-14,16,21H,4-10H2,1-3H3,(H,20,22). The van der Waals surface area contributed by atoms with Crippen molar-refractivity contribution in [2.24, 2.45) is 0 Å². The van der Waals surface area contributed by atoms with Crippen LogP contribution in [-0.2, 0) is 10.0 Å². The number of carbonyl (C=O) groups excluding carboxylic acids is 1. The zero-order valence-electron chi connectivity index (χ0n) is 15.9. The molecular formula is C19H30N2O4S. The van der Waals surface area contributed by atoms with E-state index in [1.165, 1.54) is 18.9 Å². The Morgan fingerprint density at radius 1 is 1.19 bits per heavy atom. The number of hydrogen-bond donors (Lipinski definition) is 2. The summed E-state index contributed by atoms with van der Waals surface area (Å²) in [5.74, 6) is 0.0209. The number of hydrogen-bond acceptors (Lipinski definition) is 4. The molecule has 0 saturated heterocycles. The summed E-state index contributed by atoms with van der Waals surface area (Å²) >= 11 is 0. The summed E-state index contributed by atoms with van der Waals surface area (Å²) in [6.45, 7) is 5.64.